The van der Waals surface area contributed by atoms with Gasteiger partial charge in [-0.3, -0.25) is 9.59 Å². The molecule has 1 aliphatic carbocycles. The maximum Gasteiger partial charge on any atom is 0.269 e. The average Bonchev–Trinajstić information content (AvgIpc) is 3.22. The first-order valence-electron chi connectivity index (χ1n) is 9.42. The van der Waals surface area contributed by atoms with E-state index < -0.39 is 0 Å². The molecule has 2 heterocycles. The van der Waals surface area contributed by atoms with E-state index in [0.29, 0.717) is 23.6 Å². The van der Waals surface area contributed by atoms with Crippen molar-refractivity contribution in [2.24, 2.45) is 5.92 Å². The van der Waals surface area contributed by atoms with Gasteiger partial charge in [-0.1, -0.05) is 19.1 Å². The third-order valence-corrected chi connectivity index (χ3v) is 5.11. The van der Waals surface area contributed by atoms with E-state index in [-0.39, 0.29) is 23.6 Å². The van der Waals surface area contributed by atoms with E-state index in [9.17, 15) is 9.59 Å². The molecule has 0 unspecified atom stereocenters. The Hall–Kier alpha value is -3.22. The number of carbonyl (C=O) groups is 2. The number of rotatable bonds is 5. The minimum absolute atomic E-state index is 0.169. The van der Waals surface area contributed by atoms with Gasteiger partial charge in [0.05, 0.1) is 11.0 Å². The molecule has 1 aliphatic rings. The molecule has 0 saturated heterocycles. The number of pyridine rings is 1. The molecule has 3 aromatic rings. The van der Waals surface area contributed by atoms with Crippen LogP contribution in [0.3, 0.4) is 0 Å². The van der Waals surface area contributed by atoms with E-state index in [1.54, 1.807) is 19.2 Å². The summed E-state index contributed by atoms with van der Waals surface area (Å²) in [6, 6.07) is 9.44. The molecular formula is C21H23N5O2. The molecule has 0 aliphatic heterocycles. The summed E-state index contributed by atoms with van der Waals surface area (Å²) in [4.78, 5) is 37.1. The maximum absolute atomic E-state index is 12.6. The second-order valence-corrected chi connectivity index (χ2v) is 7.42. The SMILES string of the molecule is CNC(=O)c1cc(C(=O)N[C@H]2C[C@@H]2C)cc(Cc2cccc3[nH]c(C)nc23)n1. The van der Waals surface area contributed by atoms with Gasteiger partial charge in [0.2, 0.25) is 0 Å². The van der Waals surface area contributed by atoms with Crippen LogP contribution in [0.15, 0.2) is 30.3 Å². The average molecular weight is 377 g/mol. The Labute approximate surface area is 163 Å². The van der Waals surface area contributed by atoms with Crippen LogP contribution >= 0.6 is 0 Å². The second kappa shape index (κ2) is 7.07. The number of aromatic nitrogens is 3. The summed E-state index contributed by atoms with van der Waals surface area (Å²) in [5, 5.41) is 5.59. The van der Waals surface area contributed by atoms with Crippen molar-refractivity contribution in [1.29, 1.82) is 0 Å². The van der Waals surface area contributed by atoms with Crippen LogP contribution in [0.25, 0.3) is 11.0 Å². The molecule has 3 N–H and O–H groups in total. The molecule has 144 valence electrons. The first kappa shape index (κ1) is 18.2. The van der Waals surface area contributed by atoms with E-state index in [2.05, 4.69) is 32.5 Å². The fourth-order valence-corrected chi connectivity index (χ4v) is 3.38. The zero-order valence-electron chi connectivity index (χ0n) is 16.2. The van der Waals surface area contributed by atoms with Gasteiger partial charge in [-0.15, -0.1) is 0 Å². The minimum atomic E-state index is -0.315. The molecule has 7 nitrogen and oxygen atoms in total. The number of hydrogen-bond acceptors (Lipinski definition) is 4. The summed E-state index contributed by atoms with van der Waals surface area (Å²) in [7, 11) is 1.55. The van der Waals surface area contributed by atoms with Gasteiger partial charge in [-0.25, -0.2) is 9.97 Å². The highest BCUT2D eigenvalue weighted by Crippen LogP contribution is 2.29. The number of fused-ring (bicyclic) bond motifs is 1. The van der Waals surface area contributed by atoms with Crippen molar-refractivity contribution < 1.29 is 9.59 Å². The zero-order chi connectivity index (χ0) is 19.8. The predicted molar refractivity (Wildman–Crippen MR) is 106 cm³/mol. The number of benzene rings is 1. The number of carbonyl (C=O) groups excluding carboxylic acids is 2. The predicted octanol–water partition coefficient (Wildman–Crippen LogP) is 2.35. The Bertz CT molecular complexity index is 1070. The largest absolute Gasteiger partial charge is 0.354 e. The number of nitrogens with one attached hydrogen (secondary N) is 3. The number of amides is 2. The lowest BCUT2D eigenvalue weighted by Gasteiger charge is -2.10. The fraction of sp³-hybridized carbons (Fsp3) is 0.333. The molecule has 0 bridgehead atoms. The summed E-state index contributed by atoms with van der Waals surface area (Å²) in [5.41, 5.74) is 4.17. The van der Waals surface area contributed by atoms with Crippen LogP contribution in [0.4, 0.5) is 0 Å². The molecule has 2 atom stereocenters. The first-order chi connectivity index (χ1) is 13.4. The molecule has 1 fully saturated rings. The van der Waals surface area contributed by atoms with Gasteiger partial charge in [0.1, 0.15) is 11.5 Å². The quantitative estimate of drug-likeness (QED) is 0.635. The highest BCUT2D eigenvalue weighted by Gasteiger charge is 2.34. The van der Waals surface area contributed by atoms with Gasteiger partial charge in [-0.05, 0) is 43.0 Å². The number of hydrogen-bond donors (Lipinski definition) is 3. The highest BCUT2D eigenvalue weighted by atomic mass is 16.2. The molecule has 1 saturated carbocycles. The molecular weight excluding hydrogens is 354 g/mol. The molecule has 0 spiro atoms. The van der Waals surface area contributed by atoms with Crippen LogP contribution in [0.5, 0.6) is 0 Å². The lowest BCUT2D eigenvalue weighted by atomic mass is 10.0. The maximum atomic E-state index is 12.6. The van der Waals surface area contributed by atoms with Gasteiger partial charge in [0.25, 0.3) is 11.8 Å². The van der Waals surface area contributed by atoms with Crippen LogP contribution in [-0.4, -0.2) is 39.9 Å². The smallest absolute Gasteiger partial charge is 0.269 e. The van der Waals surface area contributed by atoms with Crippen LogP contribution in [-0.2, 0) is 6.42 Å². The van der Waals surface area contributed by atoms with Crippen molar-refractivity contribution in [3.8, 4) is 0 Å². The molecule has 2 amide bonds. The summed E-state index contributed by atoms with van der Waals surface area (Å²) < 4.78 is 0. The first-order valence-corrected chi connectivity index (χ1v) is 9.42. The molecule has 4 rings (SSSR count). The number of nitrogens with zero attached hydrogens (tertiary/aromatic N) is 2. The Kier molecular flexibility index (Phi) is 4.58. The van der Waals surface area contributed by atoms with E-state index in [0.717, 1.165) is 28.8 Å². The van der Waals surface area contributed by atoms with Gasteiger partial charge in [-0.2, -0.15) is 0 Å². The van der Waals surface area contributed by atoms with Crippen molar-refractivity contribution in [2.75, 3.05) is 7.05 Å². The van der Waals surface area contributed by atoms with Crippen LogP contribution in [0.1, 0.15) is 51.3 Å². The van der Waals surface area contributed by atoms with Crippen molar-refractivity contribution in [2.45, 2.75) is 32.7 Å². The van der Waals surface area contributed by atoms with E-state index in [1.807, 2.05) is 25.1 Å². The summed E-state index contributed by atoms with van der Waals surface area (Å²) in [6.45, 7) is 4.01. The van der Waals surface area contributed by atoms with E-state index >= 15 is 0 Å². The monoisotopic (exact) mass is 377 g/mol. The molecule has 2 aromatic heterocycles. The van der Waals surface area contributed by atoms with Crippen LogP contribution in [0.2, 0.25) is 0 Å². The number of para-hydroxylation sites is 1. The minimum Gasteiger partial charge on any atom is -0.354 e. The van der Waals surface area contributed by atoms with Crippen molar-refractivity contribution >= 4 is 22.8 Å². The van der Waals surface area contributed by atoms with Gasteiger partial charge < -0.3 is 15.6 Å². The van der Waals surface area contributed by atoms with Crippen LogP contribution in [0, 0.1) is 12.8 Å². The molecule has 7 heteroatoms. The Balaban J connectivity index is 1.69. The lowest BCUT2D eigenvalue weighted by Crippen LogP contribution is -2.28. The van der Waals surface area contributed by atoms with Crippen molar-refractivity contribution in [3.63, 3.8) is 0 Å². The Morgan fingerprint density at radius 2 is 2.00 bits per heavy atom. The Morgan fingerprint density at radius 1 is 1.21 bits per heavy atom. The summed E-state index contributed by atoms with van der Waals surface area (Å²) in [6.07, 6.45) is 1.47. The second-order valence-electron chi connectivity index (χ2n) is 7.42. The third kappa shape index (κ3) is 3.60. The Morgan fingerprint density at radius 3 is 2.71 bits per heavy atom. The van der Waals surface area contributed by atoms with Crippen molar-refractivity contribution in [1.82, 2.24) is 25.6 Å². The summed E-state index contributed by atoms with van der Waals surface area (Å²) in [5.74, 6) is 0.860. The number of H-pyrrole nitrogens is 1. The van der Waals surface area contributed by atoms with E-state index in [1.165, 1.54) is 0 Å². The topological polar surface area (TPSA) is 99.8 Å². The molecule has 0 radical (unpaired) electrons. The highest BCUT2D eigenvalue weighted by molar-refractivity contribution is 5.99. The standard InChI is InChI=1S/C21H23N5O2/c1-11-7-17(11)26-20(27)14-9-15(25-18(10-14)21(28)22-3)8-13-5-4-6-16-19(13)24-12(2)23-16/h4-6,9-11,17H,7-8H2,1-3H3,(H,22,28)(H,23,24)(H,26,27)/t11-,17-/m0/s1. The number of imidazole rings is 1. The molecule has 28 heavy (non-hydrogen) atoms. The van der Waals surface area contributed by atoms with Gasteiger partial charge >= 0.3 is 0 Å². The third-order valence-electron chi connectivity index (χ3n) is 5.11. The fourth-order valence-electron chi connectivity index (χ4n) is 3.38. The van der Waals surface area contributed by atoms with Gasteiger partial charge in [0, 0.05) is 30.8 Å². The lowest BCUT2D eigenvalue weighted by molar-refractivity contribution is 0.0949. The van der Waals surface area contributed by atoms with E-state index in [4.69, 9.17) is 0 Å². The normalized spacial score (nSPS) is 18.1. The number of aromatic amines is 1. The zero-order valence-corrected chi connectivity index (χ0v) is 16.2. The van der Waals surface area contributed by atoms with Gasteiger partial charge in [0.15, 0.2) is 0 Å². The number of aryl methyl sites for hydroxylation is 1. The summed E-state index contributed by atoms with van der Waals surface area (Å²) >= 11 is 0. The van der Waals surface area contributed by atoms with Crippen LogP contribution < -0.4 is 10.6 Å². The van der Waals surface area contributed by atoms with Crippen molar-refractivity contribution in [3.05, 3.63) is 58.7 Å². The molecule has 1 aromatic carbocycles.